The van der Waals surface area contributed by atoms with E-state index in [0.717, 1.165) is 77.8 Å². The van der Waals surface area contributed by atoms with E-state index in [1.807, 2.05) is 36.5 Å². The molecule has 0 bridgehead atoms. The Morgan fingerprint density at radius 1 is 0.903 bits per heavy atom. The molecule has 14 nitrogen and oxygen atoms in total. The van der Waals surface area contributed by atoms with Crippen molar-refractivity contribution in [1.82, 2.24) is 20.3 Å². The summed E-state index contributed by atoms with van der Waals surface area (Å²) in [6.07, 6.45) is 4.44. The van der Waals surface area contributed by atoms with Crippen LogP contribution in [0.5, 0.6) is 0 Å². The highest BCUT2D eigenvalue weighted by atomic mass is 32.2. The van der Waals surface area contributed by atoms with Gasteiger partial charge in [0.15, 0.2) is 25.0 Å². The average molecular weight is 932 g/mol. The molecule has 1 N–H and O–H groups in total. The Bertz CT molecular complexity index is 1700. The van der Waals surface area contributed by atoms with Crippen molar-refractivity contribution in [3.8, 4) is 0 Å². The lowest BCUT2D eigenvalue weighted by Crippen LogP contribution is -2.70. The number of hydrogen-bond donors (Lipinski definition) is 1. The average Bonchev–Trinajstić information content (AvgIpc) is 3.78. The van der Waals surface area contributed by atoms with Gasteiger partial charge in [-0.15, -0.1) is 5.10 Å². The second-order valence-electron chi connectivity index (χ2n) is 17.3. The quantitative estimate of drug-likeness (QED) is 0.0315. The maximum Gasteiger partial charge on any atom is 0.349 e. The van der Waals surface area contributed by atoms with Gasteiger partial charge in [-0.25, -0.2) is 9.48 Å². The van der Waals surface area contributed by atoms with Crippen molar-refractivity contribution >= 4 is 48.6 Å². The van der Waals surface area contributed by atoms with Gasteiger partial charge in [0.2, 0.25) is 10.8 Å². The summed E-state index contributed by atoms with van der Waals surface area (Å²) in [6.45, 7) is 19.5. The predicted molar refractivity (Wildman–Crippen MR) is 255 cm³/mol. The van der Waals surface area contributed by atoms with Gasteiger partial charge < -0.3 is 28.1 Å². The summed E-state index contributed by atoms with van der Waals surface area (Å²) in [5.41, 5.74) is 10.8. The molecule has 1 saturated carbocycles. The van der Waals surface area contributed by atoms with Gasteiger partial charge in [-0.1, -0.05) is 122 Å². The van der Waals surface area contributed by atoms with Crippen molar-refractivity contribution in [2.45, 2.75) is 208 Å². The van der Waals surface area contributed by atoms with Crippen LogP contribution < -0.4 is 5.32 Å². The fraction of sp³-hybridized carbons (Fsp3) is 0.773. The first-order valence-corrected chi connectivity index (χ1v) is 32.0. The number of benzene rings is 1. The minimum absolute atomic E-state index is 0.0128. The van der Waals surface area contributed by atoms with E-state index in [-0.39, 0.29) is 25.4 Å². The molecule has 2 fully saturated rings. The van der Waals surface area contributed by atoms with Gasteiger partial charge in [-0.2, -0.15) is 0 Å². The van der Waals surface area contributed by atoms with Crippen LogP contribution in [0.1, 0.15) is 112 Å². The third-order valence-corrected chi connectivity index (χ3v) is 29.5. The Balaban J connectivity index is 2.00. The van der Waals surface area contributed by atoms with E-state index in [4.69, 9.17) is 22.8 Å². The van der Waals surface area contributed by atoms with E-state index in [9.17, 15) is 15.1 Å². The Hall–Kier alpha value is -2.55. The highest BCUT2D eigenvalue weighted by molar-refractivity contribution is 8.01. The minimum Gasteiger partial charge on any atom is -0.466 e. The number of thioether (sulfide) groups is 1. The number of ether oxygens (including phenoxy) is 2. The minimum atomic E-state index is -2.53. The normalized spacial score (nSPS) is 22.4. The molecule has 1 amide bonds. The third kappa shape index (κ3) is 12.8. The van der Waals surface area contributed by atoms with E-state index in [1.165, 1.54) is 38.1 Å². The number of azide groups is 1. The van der Waals surface area contributed by atoms with Gasteiger partial charge in [0.05, 0.1) is 43.7 Å². The molecule has 0 spiro atoms. The molecule has 6 atom stereocenters. The zero-order chi connectivity index (χ0) is 45.4. The first-order valence-electron chi connectivity index (χ1n) is 23.6. The Labute approximate surface area is 379 Å². The SMILES string of the molecule is CC[Si](CC)(CC)OC1CC(Sc2ccccc2)(C(=O)OC)OC([C@H](O[Si](CC)(CC)CC)[C@@H](CN=[N+]=[N-])O[Si](CC)(CC)CC)C1NC(=O)Cn1cc(C2CCCCC2)nn1. The number of carbonyl (C=O) groups excluding carboxylic acids is 2. The number of methoxy groups -OCH3 is 1. The van der Waals surface area contributed by atoms with Crippen LogP contribution >= 0.6 is 11.8 Å². The lowest BCUT2D eigenvalue weighted by Gasteiger charge is -2.53. The largest absolute Gasteiger partial charge is 0.466 e. The van der Waals surface area contributed by atoms with Crippen LogP contribution in [0.25, 0.3) is 10.4 Å². The summed E-state index contributed by atoms with van der Waals surface area (Å²) in [5, 5.41) is 16.5. The van der Waals surface area contributed by atoms with Crippen LogP contribution in [0.2, 0.25) is 54.4 Å². The van der Waals surface area contributed by atoms with Crippen LogP contribution in [0.15, 0.2) is 46.5 Å². The zero-order valence-electron chi connectivity index (χ0n) is 39.4. The van der Waals surface area contributed by atoms with Crippen molar-refractivity contribution in [2.75, 3.05) is 13.7 Å². The Morgan fingerprint density at radius 3 is 2.03 bits per heavy atom. The lowest BCUT2D eigenvalue weighted by molar-refractivity contribution is -0.200. The Morgan fingerprint density at radius 2 is 1.48 bits per heavy atom. The highest BCUT2D eigenvalue weighted by Crippen LogP contribution is 2.48. The van der Waals surface area contributed by atoms with E-state index in [0.29, 0.717) is 5.92 Å². The molecule has 2 aliphatic rings. The second kappa shape index (κ2) is 24.7. The molecule has 1 aliphatic carbocycles. The van der Waals surface area contributed by atoms with E-state index >= 15 is 0 Å². The number of amides is 1. The maximum absolute atomic E-state index is 14.6. The topological polar surface area (TPSA) is 172 Å². The van der Waals surface area contributed by atoms with Gasteiger partial charge in [-0.05, 0) is 84.9 Å². The maximum atomic E-state index is 14.6. The molecule has 1 aliphatic heterocycles. The van der Waals surface area contributed by atoms with Crippen molar-refractivity contribution in [3.63, 3.8) is 0 Å². The number of carbonyl (C=O) groups is 2. The molecule has 1 aromatic carbocycles. The monoisotopic (exact) mass is 931 g/mol. The van der Waals surface area contributed by atoms with Crippen LogP contribution in [-0.2, 0) is 38.9 Å². The molecule has 18 heteroatoms. The first-order chi connectivity index (χ1) is 29.9. The highest BCUT2D eigenvalue weighted by Gasteiger charge is 2.59. The number of rotatable bonds is 26. The zero-order valence-corrected chi connectivity index (χ0v) is 43.2. The Kier molecular flexibility index (Phi) is 20.7. The number of nitrogens with one attached hydrogen (secondary N) is 1. The number of esters is 1. The van der Waals surface area contributed by atoms with Crippen molar-refractivity contribution in [1.29, 1.82) is 0 Å². The summed E-state index contributed by atoms with van der Waals surface area (Å²) in [7, 11) is -6.00. The van der Waals surface area contributed by atoms with Crippen molar-refractivity contribution < 1.29 is 32.3 Å². The van der Waals surface area contributed by atoms with Crippen LogP contribution in [-0.4, -0.2) is 101 Å². The smallest absolute Gasteiger partial charge is 0.349 e. The number of hydrogen-bond acceptors (Lipinski definition) is 11. The lowest BCUT2D eigenvalue weighted by atomic mass is 9.87. The summed E-state index contributed by atoms with van der Waals surface area (Å²) in [4.78, 5) is 31.7. The fourth-order valence-corrected chi connectivity index (χ4v) is 19.4. The fourth-order valence-electron chi connectivity index (χ4n) is 9.54. The molecule has 2 aromatic rings. The summed E-state index contributed by atoms with van der Waals surface area (Å²) >= 11 is 1.29. The van der Waals surface area contributed by atoms with Gasteiger partial charge in [0, 0.05) is 28.3 Å². The summed E-state index contributed by atoms with van der Waals surface area (Å²) in [5.74, 6) is -0.500. The molecular formula is C44H77N7O7SSi3. The van der Waals surface area contributed by atoms with Gasteiger partial charge in [-0.3, -0.25) is 4.79 Å². The standard InChI is InChI=1S/C44H77N7O7SSi3/c1-11-60(12-2,13-3)56-37-30-44(43(53)54-10,59-35-28-24-21-25-29-35)55-42(40(37)47-39(52)33-51-32-36(48-50-51)34-26-22-20-23-27-34)41(58-62(17-7,18-8)19-9)38(31-46-49-45)57-61(14-4,15-5)16-6/h21,24-25,28-29,32,34,37-38,40-42H,11-20,22-23,26-27,30-31,33H2,1-10H3,(H,47,52)/t37?,38-,40?,41-,42?,44?/m1/s1. The van der Waals surface area contributed by atoms with Crippen LogP contribution in [0.3, 0.4) is 0 Å². The molecule has 62 heavy (non-hydrogen) atoms. The van der Waals surface area contributed by atoms with Gasteiger partial charge in [0.1, 0.15) is 12.6 Å². The van der Waals surface area contributed by atoms with Crippen LogP contribution in [0.4, 0.5) is 0 Å². The molecule has 348 valence electrons. The summed E-state index contributed by atoms with van der Waals surface area (Å²) < 4.78 is 37.2. The number of nitrogens with zero attached hydrogens (tertiary/aromatic N) is 6. The van der Waals surface area contributed by atoms with Gasteiger partial charge >= 0.3 is 5.97 Å². The summed E-state index contributed by atoms with van der Waals surface area (Å²) in [6, 6.07) is 16.5. The first kappa shape index (κ1) is 52.1. The second-order valence-corrected chi connectivity index (χ2v) is 32.8. The molecule has 1 aromatic heterocycles. The molecular weight excluding hydrogens is 855 g/mol. The molecule has 0 radical (unpaired) electrons. The number of aromatic nitrogens is 3. The molecule has 2 heterocycles. The molecule has 4 rings (SSSR count). The third-order valence-electron chi connectivity index (χ3n) is 14.3. The van der Waals surface area contributed by atoms with E-state index < -0.39 is 66.3 Å². The molecule has 1 saturated heterocycles. The van der Waals surface area contributed by atoms with E-state index in [1.54, 1.807) is 4.68 Å². The molecule has 4 unspecified atom stereocenters. The van der Waals surface area contributed by atoms with Crippen molar-refractivity contribution in [2.24, 2.45) is 5.11 Å². The van der Waals surface area contributed by atoms with Gasteiger partial charge in [0.25, 0.3) is 0 Å². The van der Waals surface area contributed by atoms with Crippen LogP contribution in [0, 0.1) is 0 Å². The van der Waals surface area contributed by atoms with E-state index in [2.05, 4.69) is 88.0 Å². The van der Waals surface area contributed by atoms with Crippen molar-refractivity contribution in [3.05, 3.63) is 52.7 Å². The predicted octanol–water partition coefficient (Wildman–Crippen LogP) is 10.7.